The van der Waals surface area contributed by atoms with Crippen LogP contribution in [0.4, 0.5) is 0 Å². The van der Waals surface area contributed by atoms with E-state index in [9.17, 15) is 14.7 Å². The van der Waals surface area contributed by atoms with Gasteiger partial charge in [-0.05, 0) is 39.0 Å². The van der Waals surface area contributed by atoms with E-state index in [0.29, 0.717) is 39.4 Å². The Kier molecular flexibility index (Phi) is 4.91. The molecule has 4 aromatic rings. The predicted molar refractivity (Wildman–Crippen MR) is 107 cm³/mol. The smallest absolute Gasteiger partial charge is 0.310 e. The van der Waals surface area contributed by atoms with Crippen molar-refractivity contribution < 1.29 is 28.4 Å². The Balaban J connectivity index is 1.44. The molecule has 0 unspecified atom stereocenters. The van der Waals surface area contributed by atoms with Crippen LogP contribution in [0.5, 0.6) is 5.75 Å². The second-order valence-electron chi connectivity index (χ2n) is 7.12. The standard InChI is InChI=1S/C22H20N2O6/c1-12-6-18(14(3)24(12)21-7-13(2)30-23-21)19(26)11-29-22(27)8-15-10-28-20-9-16(25)4-5-17(15)20/h4-7,9-10,25H,8,11H2,1-3H3. The number of esters is 1. The van der Waals surface area contributed by atoms with E-state index < -0.39 is 5.97 Å². The number of ether oxygens (including phenoxy) is 1. The molecule has 4 rings (SSSR count). The molecule has 0 radical (unpaired) electrons. The topological polar surface area (TPSA) is 108 Å². The molecule has 1 N–H and O–H groups in total. The maximum atomic E-state index is 12.6. The van der Waals surface area contributed by atoms with Gasteiger partial charge in [-0.1, -0.05) is 5.16 Å². The number of ketones is 1. The van der Waals surface area contributed by atoms with Crippen LogP contribution in [0.1, 0.15) is 33.1 Å². The van der Waals surface area contributed by atoms with Gasteiger partial charge in [0.2, 0.25) is 5.78 Å². The SMILES string of the molecule is Cc1cc(-n2c(C)cc(C(=O)COC(=O)Cc3coc4cc(O)ccc34)c2C)no1. The number of hydrogen-bond acceptors (Lipinski definition) is 7. The van der Waals surface area contributed by atoms with Crippen molar-refractivity contribution in [3.05, 3.63) is 64.9 Å². The number of fused-ring (bicyclic) bond motifs is 1. The van der Waals surface area contributed by atoms with Crippen molar-refractivity contribution >= 4 is 22.7 Å². The zero-order chi connectivity index (χ0) is 21.4. The number of aryl methyl sites for hydroxylation is 2. The van der Waals surface area contributed by atoms with Crippen LogP contribution in [-0.4, -0.2) is 33.2 Å². The van der Waals surface area contributed by atoms with Gasteiger partial charge in [-0.15, -0.1) is 0 Å². The third-order valence-electron chi connectivity index (χ3n) is 4.91. The quantitative estimate of drug-likeness (QED) is 0.382. The van der Waals surface area contributed by atoms with Crippen molar-refractivity contribution in [1.29, 1.82) is 0 Å². The summed E-state index contributed by atoms with van der Waals surface area (Å²) in [5.74, 6) is 0.498. The molecule has 1 aromatic carbocycles. The Morgan fingerprint density at radius 1 is 1.17 bits per heavy atom. The molecule has 8 heteroatoms. The normalized spacial score (nSPS) is 11.2. The zero-order valence-corrected chi connectivity index (χ0v) is 16.8. The molecule has 0 aliphatic heterocycles. The van der Waals surface area contributed by atoms with Crippen LogP contribution in [0.15, 0.2) is 45.5 Å². The Morgan fingerprint density at radius 3 is 2.70 bits per heavy atom. The highest BCUT2D eigenvalue weighted by Gasteiger charge is 2.20. The van der Waals surface area contributed by atoms with Crippen molar-refractivity contribution in [2.75, 3.05) is 6.61 Å². The lowest BCUT2D eigenvalue weighted by atomic mass is 10.1. The van der Waals surface area contributed by atoms with Crippen LogP contribution < -0.4 is 0 Å². The molecule has 0 amide bonds. The number of phenols is 1. The van der Waals surface area contributed by atoms with Crippen LogP contribution in [-0.2, 0) is 16.0 Å². The van der Waals surface area contributed by atoms with Crippen LogP contribution in [0.25, 0.3) is 16.8 Å². The number of furan rings is 1. The van der Waals surface area contributed by atoms with Gasteiger partial charge in [-0.2, -0.15) is 0 Å². The molecular weight excluding hydrogens is 388 g/mol. The van der Waals surface area contributed by atoms with Gasteiger partial charge in [-0.3, -0.25) is 14.2 Å². The second-order valence-corrected chi connectivity index (χ2v) is 7.12. The molecule has 0 aliphatic rings. The number of hydrogen-bond donors (Lipinski definition) is 1. The summed E-state index contributed by atoms with van der Waals surface area (Å²) in [4.78, 5) is 24.9. The van der Waals surface area contributed by atoms with Crippen molar-refractivity contribution in [3.8, 4) is 11.6 Å². The van der Waals surface area contributed by atoms with E-state index in [1.807, 2.05) is 11.5 Å². The van der Waals surface area contributed by atoms with Crippen LogP contribution in [0.2, 0.25) is 0 Å². The molecule has 8 nitrogen and oxygen atoms in total. The lowest BCUT2D eigenvalue weighted by molar-refractivity contribution is -0.141. The van der Waals surface area contributed by atoms with Crippen LogP contribution in [0, 0.1) is 20.8 Å². The summed E-state index contributed by atoms with van der Waals surface area (Å²) >= 11 is 0. The van der Waals surface area contributed by atoms with E-state index in [1.54, 1.807) is 32.0 Å². The first-order chi connectivity index (χ1) is 14.3. The van der Waals surface area contributed by atoms with Crippen LogP contribution in [0.3, 0.4) is 0 Å². The molecular formula is C22H20N2O6. The molecule has 30 heavy (non-hydrogen) atoms. The Hall–Kier alpha value is -3.81. The number of carbonyl (C=O) groups excluding carboxylic acids is 2. The number of aromatic hydroxyl groups is 1. The number of aromatic nitrogens is 2. The first-order valence-corrected chi connectivity index (χ1v) is 9.34. The van der Waals surface area contributed by atoms with Gasteiger partial charge >= 0.3 is 5.97 Å². The molecule has 0 bridgehead atoms. The molecule has 154 valence electrons. The number of carbonyl (C=O) groups is 2. The maximum Gasteiger partial charge on any atom is 0.310 e. The van der Waals surface area contributed by atoms with E-state index >= 15 is 0 Å². The van der Waals surface area contributed by atoms with Crippen molar-refractivity contribution in [1.82, 2.24) is 9.72 Å². The second kappa shape index (κ2) is 7.55. The first-order valence-electron chi connectivity index (χ1n) is 9.34. The van der Waals surface area contributed by atoms with Gasteiger partial charge in [0.25, 0.3) is 0 Å². The summed E-state index contributed by atoms with van der Waals surface area (Å²) in [7, 11) is 0. The number of Topliss-reactive ketones (excluding diaryl/α,β-unsaturated/α-hetero) is 1. The average Bonchev–Trinajstić information content (AvgIpc) is 3.37. The number of rotatable bonds is 6. The average molecular weight is 408 g/mol. The summed E-state index contributed by atoms with van der Waals surface area (Å²) in [6.45, 7) is 5.10. The van der Waals surface area contributed by atoms with Crippen LogP contribution >= 0.6 is 0 Å². The van der Waals surface area contributed by atoms with Gasteiger partial charge in [0.1, 0.15) is 17.1 Å². The third-order valence-corrected chi connectivity index (χ3v) is 4.91. The van der Waals surface area contributed by atoms with Crippen molar-refractivity contribution in [2.24, 2.45) is 0 Å². The van der Waals surface area contributed by atoms with E-state index in [0.717, 1.165) is 5.69 Å². The summed E-state index contributed by atoms with van der Waals surface area (Å²) in [6, 6.07) is 8.18. The molecule has 0 fully saturated rings. The molecule has 0 aliphatic carbocycles. The number of nitrogens with zero attached hydrogens (tertiary/aromatic N) is 2. The monoisotopic (exact) mass is 408 g/mol. The minimum absolute atomic E-state index is 0.0394. The number of phenolic OH excluding ortho intramolecular Hbond substituents is 1. The summed E-state index contributed by atoms with van der Waals surface area (Å²) in [6.07, 6.45) is 1.41. The fourth-order valence-corrected chi connectivity index (χ4v) is 3.50. The minimum atomic E-state index is -0.542. The van der Waals surface area contributed by atoms with Gasteiger partial charge < -0.3 is 18.8 Å². The Morgan fingerprint density at radius 2 is 1.97 bits per heavy atom. The predicted octanol–water partition coefficient (Wildman–Crippen LogP) is 3.81. The van der Waals surface area contributed by atoms with Gasteiger partial charge in [-0.25, -0.2) is 0 Å². The molecule has 3 aromatic heterocycles. The van der Waals surface area contributed by atoms with E-state index in [4.69, 9.17) is 13.7 Å². The van der Waals surface area contributed by atoms with E-state index in [-0.39, 0.29) is 24.6 Å². The Bertz CT molecular complexity index is 1260. The largest absolute Gasteiger partial charge is 0.508 e. The minimum Gasteiger partial charge on any atom is -0.508 e. The molecule has 0 spiro atoms. The molecule has 3 heterocycles. The van der Waals surface area contributed by atoms with Gasteiger partial charge in [0.05, 0.1) is 12.7 Å². The molecule has 0 atom stereocenters. The van der Waals surface area contributed by atoms with Crippen molar-refractivity contribution in [3.63, 3.8) is 0 Å². The number of benzene rings is 1. The Labute approximate surface area is 171 Å². The zero-order valence-electron chi connectivity index (χ0n) is 16.8. The maximum absolute atomic E-state index is 12.6. The molecule has 0 saturated carbocycles. The van der Waals surface area contributed by atoms with E-state index in [1.165, 1.54) is 18.4 Å². The lowest BCUT2D eigenvalue weighted by Gasteiger charge is -2.06. The fraction of sp³-hybridized carbons (Fsp3) is 0.227. The van der Waals surface area contributed by atoms with Crippen molar-refractivity contribution in [2.45, 2.75) is 27.2 Å². The highest BCUT2D eigenvalue weighted by atomic mass is 16.5. The summed E-state index contributed by atoms with van der Waals surface area (Å²) in [5, 5.41) is 14.2. The highest BCUT2D eigenvalue weighted by molar-refractivity contribution is 5.99. The van der Waals surface area contributed by atoms with E-state index in [2.05, 4.69) is 5.16 Å². The van der Waals surface area contributed by atoms with Gasteiger partial charge in [0.15, 0.2) is 12.4 Å². The summed E-state index contributed by atoms with van der Waals surface area (Å²) in [5.41, 5.74) is 3.09. The molecule has 0 saturated heterocycles. The van der Waals surface area contributed by atoms with Gasteiger partial charge in [0, 0.05) is 40.0 Å². The summed E-state index contributed by atoms with van der Waals surface area (Å²) < 4.78 is 17.5. The fourth-order valence-electron chi connectivity index (χ4n) is 3.50. The third kappa shape index (κ3) is 3.59. The first kappa shape index (κ1) is 19.5. The highest BCUT2D eigenvalue weighted by Crippen LogP contribution is 2.26. The lowest BCUT2D eigenvalue weighted by Crippen LogP contribution is -2.16.